The molecule has 0 aliphatic carbocycles. The van der Waals surface area contributed by atoms with Crippen molar-refractivity contribution in [2.75, 3.05) is 12.0 Å². The number of hydrogen-bond donors (Lipinski definition) is 1. The number of rotatable bonds is 6. The van der Waals surface area contributed by atoms with Crippen LogP contribution in [0.1, 0.15) is 11.1 Å². The third-order valence-corrected chi connectivity index (χ3v) is 6.54. The number of anilines is 1. The molecule has 4 amide bonds. The van der Waals surface area contributed by atoms with Crippen LogP contribution in [0.25, 0.3) is 6.08 Å². The first-order valence-corrected chi connectivity index (χ1v) is 12.1. The summed E-state index contributed by atoms with van der Waals surface area (Å²) < 4.78 is 49.8. The van der Waals surface area contributed by atoms with Gasteiger partial charge in [-0.05, 0) is 54.1 Å². The van der Waals surface area contributed by atoms with Crippen molar-refractivity contribution in [3.63, 3.8) is 0 Å². The Morgan fingerprint density at radius 3 is 2.27 bits per heavy atom. The SMILES string of the molecule is COc1cc(/C=C2\C(=O)NC(=O)N(c3ccc(Cl)c(Cl)c3)C2=O)cc(Cl)c1Oc1ccc(C(F)(F)F)cc1[N+](=O)[O-]. The van der Waals surface area contributed by atoms with Gasteiger partial charge in [-0.25, -0.2) is 9.69 Å². The molecule has 0 saturated carbocycles. The molecule has 1 heterocycles. The molecule has 1 N–H and O–H groups in total. The van der Waals surface area contributed by atoms with Gasteiger partial charge in [-0.15, -0.1) is 0 Å². The third-order valence-electron chi connectivity index (χ3n) is 5.52. The highest BCUT2D eigenvalue weighted by Gasteiger charge is 2.37. The highest BCUT2D eigenvalue weighted by atomic mass is 35.5. The topological polar surface area (TPSA) is 128 Å². The van der Waals surface area contributed by atoms with Gasteiger partial charge in [0.05, 0.1) is 38.4 Å². The zero-order chi connectivity index (χ0) is 30.2. The van der Waals surface area contributed by atoms with E-state index >= 15 is 0 Å². The van der Waals surface area contributed by atoms with Crippen LogP contribution >= 0.6 is 34.8 Å². The minimum atomic E-state index is -4.84. The molecule has 1 aliphatic rings. The fourth-order valence-corrected chi connectivity index (χ4v) is 4.19. The molecule has 16 heteroatoms. The lowest BCUT2D eigenvalue weighted by Crippen LogP contribution is -2.54. The molecule has 0 aromatic heterocycles. The van der Waals surface area contributed by atoms with Crippen molar-refractivity contribution in [1.82, 2.24) is 5.32 Å². The molecule has 0 unspecified atom stereocenters. The molecule has 41 heavy (non-hydrogen) atoms. The number of carbonyl (C=O) groups is 3. The van der Waals surface area contributed by atoms with Gasteiger partial charge in [0.25, 0.3) is 11.8 Å². The van der Waals surface area contributed by atoms with Crippen LogP contribution in [0, 0.1) is 10.1 Å². The standard InChI is InChI=1S/C25H13Cl3F3N3O7/c1-40-20-8-11(6-14-22(35)32-24(37)33(23(14)36)13-3-4-15(26)16(27)10-13)7-17(28)21(20)41-19-5-2-12(25(29,30)31)9-18(19)34(38)39/h2-10H,1H3,(H,32,35,37)/b14-6+. The summed E-state index contributed by atoms with van der Waals surface area (Å²) in [7, 11) is 1.18. The number of nitro groups is 1. The monoisotopic (exact) mass is 629 g/mol. The van der Waals surface area contributed by atoms with Crippen LogP contribution in [-0.4, -0.2) is 29.9 Å². The molecule has 3 aromatic carbocycles. The van der Waals surface area contributed by atoms with E-state index in [4.69, 9.17) is 44.3 Å². The number of nitrogens with one attached hydrogen (secondary N) is 1. The van der Waals surface area contributed by atoms with E-state index in [1.54, 1.807) is 0 Å². The Hall–Kier alpha value is -4.33. The fourth-order valence-electron chi connectivity index (χ4n) is 3.64. The van der Waals surface area contributed by atoms with Gasteiger partial charge in [-0.2, -0.15) is 13.2 Å². The number of nitrogens with zero attached hydrogens (tertiary/aromatic N) is 2. The average molecular weight is 631 g/mol. The van der Waals surface area contributed by atoms with Gasteiger partial charge in [-0.1, -0.05) is 34.8 Å². The van der Waals surface area contributed by atoms with Crippen LogP contribution < -0.4 is 19.7 Å². The van der Waals surface area contributed by atoms with Gasteiger partial charge < -0.3 is 9.47 Å². The summed E-state index contributed by atoms with van der Waals surface area (Å²) >= 11 is 18.2. The average Bonchev–Trinajstić information content (AvgIpc) is 2.89. The largest absolute Gasteiger partial charge is 0.493 e. The van der Waals surface area contributed by atoms with Gasteiger partial charge in [-0.3, -0.25) is 25.0 Å². The minimum absolute atomic E-state index is 0.0257. The summed E-state index contributed by atoms with van der Waals surface area (Å²) in [6.45, 7) is 0. The first kappa shape index (κ1) is 29.6. The van der Waals surface area contributed by atoms with Crippen molar-refractivity contribution in [3.8, 4) is 17.2 Å². The van der Waals surface area contributed by atoms with E-state index in [1.165, 1.54) is 37.4 Å². The number of carbonyl (C=O) groups excluding carboxylic acids is 3. The number of halogens is 6. The van der Waals surface area contributed by atoms with E-state index in [0.29, 0.717) is 17.0 Å². The number of benzene rings is 3. The molecule has 0 atom stereocenters. The summed E-state index contributed by atoms with van der Waals surface area (Å²) in [4.78, 5) is 49.2. The second kappa shape index (κ2) is 11.3. The number of amides is 4. The summed E-state index contributed by atoms with van der Waals surface area (Å²) in [5.41, 5.74) is -2.61. The van der Waals surface area contributed by atoms with Crippen LogP contribution in [0.5, 0.6) is 17.2 Å². The van der Waals surface area contributed by atoms with Crippen molar-refractivity contribution >= 4 is 70.1 Å². The summed E-state index contributed by atoms with van der Waals surface area (Å²) in [6.07, 6.45) is -3.75. The Bertz CT molecular complexity index is 1660. The van der Waals surface area contributed by atoms with Crippen molar-refractivity contribution < 1.29 is 42.0 Å². The Labute approximate surface area is 242 Å². The second-order valence-electron chi connectivity index (χ2n) is 8.13. The highest BCUT2D eigenvalue weighted by molar-refractivity contribution is 6.43. The van der Waals surface area contributed by atoms with Gasteiger partial charge >= 0.3 is 17.9 Å². The Balaban J connectivity index is 1.72. The molecule has 0 radical (unpaired) electrons. The molecule has 10 nitrogen and oxygen atoms in total. The molecule has 0 spiro atoms. The normalized spacial score (nSPS) is 14.8. The van der Waals surface area contributed by atoms with Crippen molar-refractivity contribution in [2.24, 2.45) is 0 Å². The first-order chi connectivity index (χ1) is 19.2. The Morgan fingerprint density at radius 2 is 1.66 bits per heavy atom. The van der Waals surface area contributed by atoms with E-state index in [9.17, 15) is 37.7 Å². The van der Waals surface area contributed by atoms with E-state index in [-0.39, 0.29) is 37.8 Å². The minimum Gasteiger partial charge on any atom is -0.493 e. The predicted octanol–water partition coefficient (Wildman–Crippen LogP) is 7.04. The van der Waals surface area contributed by atoms with E-state index in [0.717, 1.165) is 12.1 Å². The summed E-state index contributed by atoms with van der Waals surface area (Å²) in [6, 6.07) is 7.00. The van der Waals surface area contributed by atoms with Crippen molar-refractivity contribution in [1.29, 1.82) is 0 Å². The maximum absolute atomic E-state index is 13.2. The lowest BCUT2D eigenvalue weighted by Gasteiger charge is -2.26. The van der Waals surface area contributed by atoms with Crippen LogP contribution in [0.2, 0.25) is 15.1 Å². The van der Waals surface area contributed by atoms with Gasteiger partial charge in [0.2, 0.25) is 5.75 Å². The van der Waals surface area contributed by atoms with Crippen molar-refractivity contribution in [2.45, 2.75) is 6.18 Å². The maximum Gasteiger partial charge on any atom is 0.416 e. The number of hydrogen-bond acceptors (Lipinski definition) is 7. The number of ether oxygens (including phenoxy) is 2. The van der Waals surface area contributed by atoms with Crippen molar-refractivity contribution in [3.05, 3.63) is 90.4 Å². The lowest BCUT2D eigenvalue weighted by atomic mass is 10.1. The number of methoxy groups -OCH3 is 1. The zero-order valence-electron chi connectivity index (χ0n) is 20.2. The number of imide groups is 2. The molecule has 1 aliphatic heterocycles. The molecular weight excluding hydrogens is 618 g/mol. The smallest absolute Gasteiger partial charge is 0.416 e. The summed E-state index contributed by atoms with van der Waals surface area (Å²) in [5.74, 6) is -3.04. The van der Waals surface area contributed by atoms with Crippen LogP contribution in [0.15, 0.2) is 54.1 Å². The lowest BCUT2D eigenvalue weighted by molar-refractivity contribution is -0.385. The van der Waals surface area contributed by atoms with Gasteiger partial charge in [0.1, 0.15) is 5.57 Å². The van der Waals surface area contributed by atoms with Gasteiger partial charge in [0.15, 0.2) is 11.5 Å². The molecule has 4 rings (SSSR count). The highest BCUT2D eigenvalue weighted by Crippen LogP contribution is 2.44. The molecular formula is C25H13Cl3F3N3O7. The summed E-state index contributed by atoms with van der Waals surface area (Å²) in [5, 5.41) is 13.4. The number of nitro benzene ring substituents is 1. The second-order valence-corrected chi connectivity index (χ2v) is 9.35. The fraction of sp³-hybridized carbons (Fsp3) is 0.0800. The van der Waals surface area contributed by atoms with Crippen LogP contribution in [0.3, 0.4) is 0 Å². The number of urea groups is 1. The quantitative estimate of drug-likeness (QED) is 0.134. The predicted molar refractivity (Wildman–Crippen MR) is 142 cm³/mol. The molecule has 0 bridgehead atoms. The zero-order valence-corrected chi connectivity index (χ0v) is 22.5. The van der Waals surface area contributed by atoms with Crippen LogP contribution in [0.4, 0.5) is 29.3 Å². The number of alkyl halides is 3. The third kappa shape index (κ3) is 6.06. The Morgan fingerprint density at radius 1 is 0.951 bits per heavy atom. The maximum atomic E-state index is 13.2. The van der Waals surface area contributed by atoms with E-state index < -0.39 is 51.5 Å². The molecule has 1 fully saturated rings. The Kier molecular flexibility index (Phi) is 8.15. The van der Waals surface area contributed by atoms with Gasteiger partial charge in [0, 0.05) is 6.07 Å². The van der Waals surface area contributed by atoms with E-state index in [1.807, 2.05) is 5.32 Å². The van der Waals surface area contributed by atoms with E-state index in [2.05, 4.69) is 0 Å². The molecule has 212 valence electrons. The van der Waals surface area contributed by atoms with Crippen LogP contribution in [-0.2, 0) is 15.8 Å². The molecule has 3 aromatic rings. The molecule has 1 saturated heterocycles. The first-order valence-electron chi connectivity index (χ1n) is 11.0. The number of barbiturate groups is 1.